The molecule has 0 aliphatic rings. The fourth-order valence-electron chi connectivity index (χ4n) is 3.00. The molecular formula is C26H24BrClN4O5. The highest BCUT2D eigenvalue weighted by Crippen LogP contribution is 2.24. The van der Waals surface area contributed by atoms with Crippen molar-refractivity contribution in [3.63, 3.8) is 0 Å². The molecule has 0 heterocycles. The Bertz CT molecular complexity index is 1330. The number of aryl methyl sites for hydroxylation is 1. The van der Waals surface area contributed by atoms with Crippen molar-refractivity contribution < 1.29 is 23.9 Å². The summed E-state index contributed by atoms with van der Waals surface area (Å²) >= 11 is 9.46. The van der Waals surface area contributed by atoms with Crippen LogP contribution in [-0.4, -0.2) is 37.1 Å². The first kappa shape index (κ1) is 27.7. The molecule has 3 rings (SSSR count). The molecule has 0 bridgehead atoms. The quantitative estimate of drug-likeness (QED) is 0.187. The minimum atomic E-state index is -0.976. The number of nitrogens with zero attached hydrogens (tertiary/aromatic N) is 1. The topological polar surface area (TPSA) is 118 Å². The smallest absolute Gasteiger partial charge is 0.329 e. The van der Waals surface area contributed by atoms with E-state index in [4.69, 9.17) is 21.1 Å². The van der Waals surface area contributed by atoms with Crippen LogP contribution in [0.3, 0.4) is 0 Å². The van der Waals surface area contributed by atoms with E-state index in [1.54, 1.807) is 60.7 Å². The molecule has 0 aromatic heterocycles. The Morgan fingerprint density at radius 1 is 0.973 bits per heavy atom. The van der Waals surface area contributed by atoms with Gasteiger partial charge in [0, 0.05) is 20.7 Å². The number of amides is 3. The van der Waals surface area contributed by atoms with Crippen molar-refractivity contribution in [2.75, 3.05) is 23.8 Å². The highest BCUT2D eigenvalue weighted by atomic mass is 79.9. The van der Waals surface area contributed by atoms with Gasteiger partial charge in [-0.1, -0.05) is 45.7 Å². The minimum absolute atomic E-state index is 0.276. The van der Waals surface area contributed by atoms with Crippen LogP contribution in [0, 0.1) is 6.92 Å². The van der Waals surface area contributed by atoms with Crippen LogP contribution >= 0.6 is 27.5 Å². The predicted molar refractivity (Wildman–Crippen MR) is 146 cm³/mol. The lowest BCUT2D eigenvalue weighted by Gasteiger charge is -2.11. The molecule has 3 N–H and O–H groups in total. The van der Waals surface area contributed by atoms with Crippen molar-refractivity contribution in [3.8, 4) is 11.5 Å². The Morgan fingerprint density at radius 2 is 1.76 bits per heavy atom. The molecule has 192 valence electrons. The highest BCUT2D eigenvalue weighted by molar-refractivity contribution is 9.10. The van der Waals surface area contributed by atoms with Gasteiger partial charge >= 0.3 is 11.8 Å². The van der Waals surface area contributed by atoms with Crippen molar-refractivity contribution in [3.05, 3.63) is 81.3 Å². The molecule has 0 spiro atoms. The Balaban J connectivity index is 1.59. The first-order valence-electron chi connectivity index (χ1n) is 11.1. The van der Waals surface area contributed by atoms with Gasteiger partial charge in [0.2, 0.25) is 0 Å². The van der Waals surface area contributed by atoms with Gasteiger partial charge in [0.15, 0.2) is 6.61 Å². The molecule has 0 aliphatic carbocycles. The lowest BCUT2D eigenvalue weighted by atomic mass is 10.2. The van der Waals surface area contributed by atoms with Gasteiger partial charge in [0.25, 0.3) is 5.91 Å². The minimum Gasteiger partial charge on any atom is -0.492 e. The Labute approximate surface area is 227 Å². The van der Waals surface area contributed by atoms with E-state index >= 15 is 0 Å². The molecule has 37 heavy (non-hydrogen) atoms. The number of hydrogen-bond acceptors (Lipinski definition) is 6. The summed E-state index contributed by atoms with van der Waals surface area (Å²) in [4.78, 5) is 36.8. The summed E-state index contributed by atoms with van der Waals surface area (Å²) in [6, 6.07) is 17.0. The largest absolute Gasteiger partial charge is 0.492 e. The van der Waals surface area contributed by atoms with E-state index in [2.05, 4.69) is 37.1 Å². The van der Waals surface area contributed by atoms with E-state index < -0.39 is 11.8 Å². The predicted octanol–water partition coefficient (Wildman–Crippen LogP) is 4.92. The SMILES string of the molecule is CCOc1ccccc1NC(=O)C(=O)N/N=C\c1cc(Br)ccc1OCC(=O)Nc1ccc(C)c(Cl)c1. The normalized spacial score (nSPS) is 10.6. The molecule has 0 aliphatic heterocycles. The summed E-state index contributed by atoms with van der Waals surface area (Å²) in [5.74, 6) is -1.49. The summed E-state index contributed by atoms with van der Waals surface area (Å²) in [6.45, 7) is 3.81. The second-order valence-electron chi connectivity index (χ2n) is 7.57. The number of carbonyl (C=O) groups is 3. The number of benzene rings is 3. The molecule has 3 aromatic carbocycles. The third-order valence-electron chi connectivity index (χ3n) is 4.80. The fraction of sp³-hybridized carbons (Fsp3) is 0.154. The second-order valence-corrected chi connectivity index (χ2v) is 8.89. The number of hydrazone groups is 1. The van der Waals surface area contributed by atoms with Gasteiger partial charge in [-0.15, -0.1) is 0 Å². The van der Waals surface area contributed by atoms with Crippen LogP contribution < -0.4 is 25.5 Å². The van der Waals surface area contributed by atoms with Gasteiger partial charge in [0.05, 0.1) is 18.5 Å². The van der Waals surface area contributed by atoms with Crippen LogP contribution in [0.4, 0.5) is 11.4 Å². The zero-order chi connectivity index (χ0) is 26.8. The number of hydrogen-bond donors (Lipinski definition) is 3. The summed E-state index contributed by atoms with van der Waals surface area (Å²) in [7, 11) is 0. The van der Waals surface area contributed by atoms with Gasteiger partial charge in [-0.05, 0) is 61.9 Å². The van der Waals surface area contributed by atoms with Gasteiger partial charge in [-0.25, -0.2) is 5.43 Å². The zero-order valence-corrected chi connectivity index (χ0v) is 22.4. The van der Waals surface area contributed by atoms with Gasteiger partial charge < -0.3 is 20.1 Å². The summed E-state index contributed by atoms with van der Waals surface area (Å²) in [5.41, 5.74) is 4.44. The number of anilines is 2. The maximum absolute atomic E-state index is 12.3. The van der Waals surface area contributed by atoms with E-state index in [0.717, 1.165) is 10.0 Å². The molecule has 9 nitrogen and oxygen atoms in total. The number of carbonyl (C=O) groups excluding carboxylic acids is 3. The molecular weight excluding hydrogens is 564 g/mol. The Morgan fingerprint density at radius 3 is 2.51 bits per heavy atom. The maximum atomic E-state index is 12.3. The third kappa shape index (κ3) is 8.33. The molecule has 0 radical (unpaired) electrons. The van der Waals surface area contributed by atoms with Gasteiger partial charge in [-0.2, -0.15) is 5.10 Å². The molecule has 11 heteroatoms. The van der Waals surface area contributed by atoms with Crippen LogP contribution in [0.2, 0.25) is 5.02 Å². The molecule has 0 fully saturated rings. The summed E-state index contributed by atoms with van der Waals surface area (Å²) in [6.07, 6.45) is 1.30. The monoisotopic (exact) mass is 586 g/mol. The molecule has 3 aromatic rings. The van der Waals surface area contributed by atoms with Crippen LogP contribution in [-0.2, 0) is 14.4 Å². The number of para-hydroxylation sites is 2. The lowest BCUT2D eigenvalue weighted by molar-refractivity contribution is -0.136. The van der Waals surface area contributed by atoms with Crippen LogP contribution in [0.25, 0.3) is 0 Å². The van der Waals surface area contributed by atoms with E-state index in [9.17, 15) is 14.4 Å². The number of rotatable bonds is 9. The van der Waals surface area contributed by atoms with Crippen molar-refractivity contribution in [1.82, 2.24) is 5.43 Å². The lowest BCUT2D eigenvalue weighted by Crippen LogP contribution is -2.32. The van der Waals surface area contributed by atoms with Crippen LogP contribution in [0.15, 0.2) is 70.2 Å². The maximum Gasteiger partial charge on any atom is 0.329 e. The van der Waals surface area contributed by atoms with Gasteiger partial charge in [-0.3, -0.25) is 14.4 Å². The molecule has 0 unspecified atom stereocenters. The van der Waals surface area contributed by atoms with E-state index in [0.29, 0.717) is 40.1 Å². The molecule has 0 saturated carbocycles. The van der Waals surface area contributed by atoms with Crippen molar-refractivity contribution >= 4 is 62.8 Å². The standard InChI is InChI=1S/C26H24BrClN4O5/c1-3-36-23-7-5-4-6-21(23)31-25(34)26(35)32-29-14-17-12-18(27)9-11-22(17)37-15-24(33)30-19-10-8-16(2)20(28)13-19/h4-14H,3,15H2,1-2H3,(H,30,33)(H,31,34)(H,32,35)/b29-14-. The highest BCUT2D eigenvalue weighted by Gasteiger charge is 2.15. The molecule has 0 atom stereocenters. The van der Waals surface area contributed by atoms with Crippen LogP contribution in [0.5, 0.6) is 11.5 Å². The molecule has 0 saturated heterocycles. The molecule has 3 amide bonds. The number of halogens is 2. The first-order valence-corrected chi connectivity index (χ1v) is 12.3. The van der Waals surface area contributed by atoms with Crippen molar-refractivity contribution in [2.45, 2.75) is 13.8 Å². The Hall–Kier alpha value is -3.89. The Kier molecular flexibility index (Phi) is 10.0. The average Bonchev–Trinajstić information content (AvgIpc) is 2.87. The van der Waals surface area contributed by atoms with E-state index in [1.807, 2.05) is 13.8 Å². The van der Waals surface area contributed by atoms with E-state index in [-0.39, 0.29) is 12.5 Å². The fourth-order valence-corrected chi connectivity index (χ4v) is 3.56. The van der Waals surface area contributed by atoms with E-state index in [1.165, 1.54) is 6.21 Å². The second kappa shape index (κ2) is 13.4. The summed E-state index contributed by atoms with van der Waals surface area (Å²) in [5, 5.41) is 9.59. The number of ether oxygens (including phenoxy) is 2. The third-order valence-corrected chi connectivity index (χ3v) is 5.70. The first-order chi connectivity index (χ1) is 17.8. The average molecular weight is 588 g/mol. The van der Waals surface area contributed by atoms with Crippen LogP contribution in [0.1, 0.15) is 18.1 Å². The summed E-state index contributed by atoms with van der Waals surface area (Å²) < 4.78 is 11.8. The number of nitrogens with one attached hydrogen (secondary N) is 3. The zero-order valence-electron chi connectivity index (χ0n) is 20.0. The van der Waals surface area contributed by atoms with Crippen molar-refractivity contribution in [1.29, 1.82) is 0 Å². The van der Waals surface area contributed by atoms with Crippen molar-refractivity contribution in [2.24, 2.45) is 5.10 Å². The van der Waals surface area contributed by atoms with Gasteiger partial charge in [0.1, 0.15) is 11.5 Å².